The van der Waals surface area contributed by atoms with Crippen LogP contribution in [0.4, 0.5) is 0 Å². The molecule has 0 amide bonds. The lowest BCUT2D eigenvalue weighted by atomic mass is 10.2. The third-order valence-electron chi connectivity index (χ3n) is 3.43. The van der Waals surface area contributed by atoms with Gasteiger partial charge in [0.1, 0.15) is 5.82 Å². The minimum Gasteiger partial charge on any atom is -0.478 e. The van der Waals surface area contributed by atoms with Crippen LogP contribution < -0.4 is 0 Å². The van der Waals surface area contributed by atoms with E-state index in [1.54, 1.807) is 6.20 Å². The largest absolute Gasteiger partial charge is 0.478 e. The fourth-order valence-corrected chi connectivity index (χ4v) is 3.73. The van der Waals surface area contributed by atoms with E-state index in [1.165, 1.54) is 28.6 Å². The van der Waals surface area contributed by atoms with Gasteiger partial charge in [-0.1, -0.05) is 6.07 Å². The van der Waals surface area contributed by atoms with E-state index in [0.717, 1.165) is 0 Å². The molecule has 0 saturated heterocycles. The van der Waals surface area contributed by atoms with Gasteiger partial charge in [-0.15, -0.1) is 0 Å². The van der Waals surface area contributed by atoms with Crippen LogP contribution in [0.25, 0.3) is 0 Å². The molecule has 1 aromatic carbocycles. The normalized spacial score (nSPS) is 15.6. The van der Waals surface area contributed by atoms with Gasteiger partial charge < -0.3 is 9.67 Å². The Hall–Kier alpha value is -2.19. The number of carboxylic acids is 1. The lowest BCUT2D eigenvalue weighted by molar-refractivity contribution is 0.0696. The quantitative estimate of drug-likeness (QED) is 0.905. The fraction of sp³-hybridized carbons (Fsp3) is 0.231. The van der Waals surface area contributed by atoms with Crippen LogP contribution in [0.2, 0.25) is 0 Å². The molecule has 0 atom stereocenters. The summed E-state index contributed by atoms with van der Waals surface area (Å²) < 4.78 is 28.4. The Morgan fingerprint density at radius 3 is 2.86 bits per heavy atom. The molecule has 1 aliphatic rings. The van der Waals surface area contributed by atoms with E-state index in [2.05, 4.69) is 4.98 Å². The van der Waals surface area contributed by atoms with Gasteiger partial charge in [-0.3, -0.25) is 0 Å². The lowest BCUT2D eigenvalue weighted by Crippen LogP contribution is -2.38. The zero-order chi connectivity index (χ0) is 15.0. The number of sulfonamides is 1. The van der Waals surface area contributed by atoms with Gasteiger partial charge in [0.15, 0.2) is 0 Å². The molecule has 2 heterocycles. The molecule has 110 valence electrons. The number of hydrogen-bond donors (Lipinski definition) is 1. The van der Waals surface area contributed by atoms with Crippen LogP contribution in [0.3, 0.4) is 0 Å². The topological polar surface area (TPSA) is 92.5 Å². The van der Waals surface area contributed by atoms with Gasteiger partial charge in [-0.05, 0) is 18.2 Å². The Labute approximate surface area is 121 Å². The number of carbonyl (C=O) groups is 1. The van der Waals surface area contributed by atoms with Gasteiger partial charge in [-0.2, -0.15) is 4.31 Å². The molecule has 0 aliphatic carbocycles. The first-order chi connectivity index (χ1) is 9.98. The minimum absolute atomic E-state index is 0.0117. The maximum absolute atomic E-state index is 12.6. The Kier molecular flexibility index (Phi) is 3.26. The van der Waals surface area contributed by atoms with E-state index in [4.69, 9.17) is 5.11 Å². The summed E-state index contributed by atoms with van der Waals surface area (Å²) in [6.45, 7) is 1.06. The number of fused-ring (bicyclic) bond motifs is 1. The van der Waals surface area contributed by atoms with Crippen LogP contribution in [-0.2, 0) is 23.1 Å². The maximum Gasteiger partial charge on any atom is 0.335 e. The van der Waals surface area contributed by atoms with E-state index in [9.17, 15) is 13.2 Å². The molecule has 1 N–H and O–H groups in total. The van der Waals surface area contributed by atoms with Crippen molar-refractivity contribution in [1.29, 1.82) is 0 Å². The molecule has 3 rings (SSSR count). The molecule has 8 heteroatoms. The van der Waals surface area contributed by atoms with E-state index >= 15 is 0 Å². The molecule has 0 bridgehead atoms. The summed E-state index contributed by atoms with van der Waals surface area (Å²) in [6, 6.07) is 5.38. The Balaban J connectivity index is 1.94. The van der Waals surface area contributed by atoms with Crippen molar-refractivity contribution in [1.82, 2.24) is 13.9 Å². The first-order valence-corrected chi connectivity index (χ1v) is 7.76. The number of benzene rings is 1. The molecule has 0 unspecified atom stereocenters. The summed E-state index contributed by atoms with van der Waals surface area (Å²) in [6.07, 6.45) is 3.45. The van der Waals surface area contributed by atoms with Crippen molar-refractivity contribution in [2.24, 2.45) is 0 Å². The molecule has 0 fully saturated rings. The van der Waals surface area contributed by atoms with E-state index < -0.39 is 16.0 Å². The Bertz CT molecular complexity index is 797. The van der Waals surface area contributed by atoms with E-state index in [-0.39, 0.29) is 17.0 Å². The Morgan fingerprint density at radius 1 is 1.29 bits per heavy atom. The third kappa shape index (κ3) is 2.43. The predicted octanol–water partition coefficient (Wildman–Crippen LogP) is 0.786. The van der Waals surface area contributed by atoms with Gasteiger partial charge in [0.2, 0.25) is 10.0 Å². The van der Waals surface area contributed by atoms with Crippen molar-refractivity contribution in [3.05, 3.63) is 48.0 Å². The molecular formula is C13H13N3O4S. The van der Waals surface area contributed by atoms with Crippen molar-refractivity contribution in [3.63, 3.8) is 0 Å². The van der Waals surface area contributed by atoms with Crippen LogP contribution >= 0.6 is 0 Å². The number of imidazole rings is 1. The molecule has 2 aromatic rings. The standard InChI is InChI=1S/C13H13N3O4S/c17-13(18)10-2-1-3-11(8-10)21(19,20)16-7-6-15-5-4-14-12(15)9-16/h1-5,8H,6-7,9H2,(H,17,18). The van der Waals surface area contributed by atoms with Crippen LogP contribution in [0, 0.1) is 0 Å². The molecule has 7 nitrogen and oxygen atoms in total. The van der Waals surface area contributed by atoms with E-state index in [1.807, 2.05) is 10.8 Å². The highest BCUT2D eigenvalue weighted by atomic mass is 32.2. The highest BCUT2D eigenvalue weighted by Gasteiger charge is 2.29. The smallest absolute Gasteiger partial charge is 0.335 e. The van der Waals surface area contributed by atoms with E-state index in [0.29, 0.717) is 18.9 Å². The van der Waals surface area contributed by atoms with Gasteiger partial charge in [0.05, 0.1) is 17.0 Å². The van der Waals surface area contributed by atoms with Crippen LogP contribution in [0.15, 0.2) is 41.6 Å². The average molecular weight is 307 g/mol. The van der Waals surface area contributed by atoms with Crippen molar-refractivity contribution in [3.8, 4) is 0 Å². The second-order valence-corrected chi connectivity index (χ2v) is 6.65. The molecule has 21 heavy (non-hydrogen) atoms. The van der Waals surface area contributed by atoms with Crippen LogP contribution in [-0.4, -0.2) is 39.9 Å². The fourth-order valence-electron chi connectivity index (χ4n) is 2.30. The highest BCUT2D eigenvalue weighted by Crippen LogP contribution is 2.21. The first kappa shape index (κ1) is 13.8. The number of aromatic carboxylic acids is 1. The molecule has 1 aromatic heterocycles. The third-order valence-corrected chi connectivity index (χ3v) is 5.27. The van der Waals surface area contributed by atoms with Gasteiger partial charge in [0, 0.05) is 25.5 Å². The molecule has 1 aliphatic heterocycles. The molecular weight excluding hydrogens is 294 g/mol. The van der Waals surface area contributed by atoms with Crippen molar-refractivity contribution in [2.45, 2.75) is 18.0 Å². The zero-order valence-electron chi connectivity index (χ0n) is 11.0. The Morgan fingerprint density at radius 2 is 2.10 bits per heavy atom. The summed E-state index contributed by atoms with van der Waals surface area (Å²) in [7, 11) is -3.72. The first-order valence-electron chi connectivity index (χ1n) is 6.32. The second-order valence-electron chi connectivity index (χ2n) is 4.71. The average Bonchev–Trinajstić information content (AvgIpc) is 2.94. The van der Waals surface area contributed by atoms with Crippen molar-refractivity contribution in [2.75, 3.05) is 6.54 Å². The number of nitrogens with zero attached hydrogens (tertiary/aromatic N) is 3. The monoisotopic (exact) mass is 307 g/mol. The molecule has 0 spiro atoms. The summed E-state index contributed by atoms with van der Waals surface area (Å²) in [5, 5.41) is 8.97. The minimum atomic E-state index is -3.72. The second kappa shape index (κ2) is 4.97. The summed E-state index contributed by atoms with van der Waals surface area (Å²) in [5.41, 5.74) is -0.0467. The zero-order valence-corrected chi connectivity index (χ0v) is 11.8. The summed E-state index contributed by atoms with van der Waals surface area (Å²) in [5.74, 6) is -0.472. The lowest BCUT2D eigenvalue weighted by Gasteiger charge is -2.27. The summed E-state index contributed by atoms with van der Waals surface area (Å²) >= 11 is 0. The van der Waals surface area contributed by atoms with Crippen LogP contribution in [0.1, 0.15) is 16.2 Å². The molecule has 0 radical (unpaired) electrons. The predicted molar refractivity (Wildman–Crippen MR) is 73.2 cm³/mol. The number of aromatic nitrogens is 2. The van der Waals surface area contributed by atoms with Gasteiger partial charge in [0.25, 0.3) is 0 Å². The highest BCUT2D eigenvalue weighted by molar-refractivity contribution is 7.89. The SMILES string of the molecule is O=C(O)c1cccc(S(=O)(=O)N2CCn3ccnc3C2)c1. The van der Waals surface area contributed by atoms with Crippen LogP contribution in [0.5, 0.6) is 0 Å². The molecule has 0 saturated carbocycles. The summed E-state index contributed by atoms with van der Waals surface area (Å²) in [4.78, 5) is 15.1. The number of rotatable bonds is 3. The maximum atomic E-state index is 12.6. The van der Waals surface area contributed by atoms with Crippen molar-refractivity contribution < 1.29 is 18.3 Å². The van der Waals surface area contributed by atoms with Gasteiger partial charge >= 0.3 is 5.97 Å². The number of carboxylic acid groups (broad SMARTS) is 1. The van der Waals surface area contributed by atoms with Crippen molar-refractivity contribution >= 4 is 16.0 Å². The number of hydrogen-bond acceptors (Lipinski definition) is 4. The van der Waals surface area contributed by atoms with Gasteiger partial charge in [-0.25, -0.2) is 18.2 Å².